The second kappa shape index (κ2) is 3.93. The maximum absolute atomic E-state index is 5.83. The molecular formula is C14H17N5. The number of hydrazine groups is 1. The molecule has 5 heteroatoms. The minimum atomic E-state index is 0.414. The molecule has 19 heavy (non-hydrogen) atoms. The molecule has 0 bridgehead atoms. The van der Waals surface area contributed by atoms with Gasteiger partial charge in [-0.05, 0) is 37.1 Å². The number of aliphatic imine (C=N–C) groups is 2. The lowest BCUT2D eigenvalue weighted by Crippen LogP contribution is -2.47. The zero-order valence-corrected chi connectivity index (χ0v) is 11.4. The van der Waals surface area contributed by atoms with Crippen molar-refractivity contribution < 1.29 is 0 Å². The van der Waals surface area contributed by atoms with Crippen molar-refractivity contribution in [2.24, 2.45) is 15.8 Å². The average molecular weight is 255 g/mol. The highest BCUT2D eigenvalue weighted by Crippen LogP contribution is 2.36. The van der Waals surface area contributed by atoms with E-state index in [9.17, 15) is 0 Å². The molecule has 2 N–H and O–H groups in total. The topological polar surface area (TPSA) is 57.2 Å². The smallest absolute Gasteiger partial charge is 0.158 e. The normalized spacial score (nSPS) is 17.8. The monoisotopic (exact) mass is 255 g/mol. The Labute approximate surface area is 112 Å². The second-order valence-electron chi connectivity index (χ2n) is 4.98. The molecule has 1 aromatic carbocycles. The molecule has 0 spiro atoms. The maximum Gasteiger partial charge on any atom is 0.158 e. The predicted molar refractivity (Wildman–Crippen MR) is 78.9 cm³/mol. The van der Waals surface area contributed by atoms with Crippen LogP contribution in [-0.4, -0.2) is 30.3 Å². The molecule has 0 aromatic heterocycles. The van der Waals surface area contributed by atoms with Crippen molar-refractivity contribution in [3.05, 3.63) is 35.5 Å². The highest BCUT2D eigenvalue weighted by Gasteiger charge is 2.30. The first-order chi connectivity index (χ1) is 8.99. The number of nitrogens with zero attached hydrogens (tertiary/aromatic N) is 4. The minimum absolute atomic E-state index is 0.414. The molecule has 1 aromatic rings. The van der Waals surface area contributed by atoms with E-state index >= 15 is 0 Å². The van der Waals surface area contributed by atoms with Crippen LogP contribution in [-0.2, 0) is 0 Å². The first-order valence-corrected chi connectivity index (χ1v) is 6.19. The molecule has 0 atom stereocenters. The van der Waals surface area contributed by atoms with Gasteiger partial charge < -0.3 is 4.90 Å². The zero-order valence-electron chi connectivity index (χ0n) is 11.4. The third-order valence-corrected chi connectivity index (χ3v) is 3.71. The molecular weight excluding hydrogens is 238 g/mol. The fourth-order valence-corrected chi connectivity index (χ4v) is 2.33. The fourth-order valence-electron chi connectivity index (χ4n) is 2.33. The van der Waals surface area contributed by atoms with Crippen LogP contribution >= 0.6 is 0 Å². The molecule has 0 saturated heterocycles. The van der Waals surface area contributed by atoms with Crippen molar-refractivity contribution in [1.82, 2.24) is 5.01 Å². The van der Waals surface area contributed by atoms with E-state index in [2.05, 4.69) is 47.4 Å². The number of hydrogen-bond donors (Lipinski definition) is 1. The molecule has 0 saturated carbocycles. The molecule has 2 aliphatic heterocycles. The molecule has 0 amide bonds. The molecule has 0 radical (unpaired) electrons. The highest BCUT2D eigenvalue weighted by atomic mass is 15.5. The Morgan fingerprint density at radius 2 is 1.95 bits per heavy atom. The van der Waals surface area contributed by atoms with Crippen LogP contribution in [0.15, 0.2) is 34.4 Å². The van der Waals surface area contributed by atoms with Crippen LogP contribution in [0.2, 0.25) is 0 Å². The summed E-state index contributed by atoms with van der Waals surface area (Å²) in [5.41, 5.74) is 5.95. The summed E-state index contributed by atoms with van der Waals surface area (Å²) in [6, 6.07) is 4.23. The lowest BCUT2D eigenvalue weighted by atomic mass is 10.0. The summed E-state index contributed by atoms with van der Waals surface area (Å²) >= 11 is 0. The number of benzene rings is 1. The molecule has 2 heterocycles. The maximum atomic E-state index is 5.83. The van der Waals surface area contributed by atoms with Gasteiger partial charge in [-0.15, -0.1) is 0 Å². The van der Waals surface area contributed by atoms with Gasteiger partial charge in [0, 0.05) is 7.05 Å². The minimum Gasteiger partial charge on any atom is -0.326 e. The summed E-state index contributed by atoms with van der Waals surface area (Å²) < 4.78 is 0. The molecule has 98 valence electrons. The Balaban J connectivity index is 2.23. The molecule has 0 unspecified atom stereocenters. The van der Waals surface area contributed by atoms with Crippen LogP contribution < -0.4 is 10.7 Å². The number of nitrogens with two attached hydrogens (primary N) is 1. The largest absolute Gasteiger partial charge is 0.326 e. The molecule has 2 aliphatic rings. The lowest BCUT2D eigenvalue weighted by Gasteiger charge is -2.34. The van der Waals surface area contributed by atoms with Crippen LogP contribution in [0.25, 0.3) is 0 Å². The van der Waals surface area contributed by atoms with Crippen LogP contribution in [0.5, 0.6) is 0 Å². The van der Waals surface area contributed by atoms with Crippen LogP contribution in [0.1, 0.15) is 11.1 Å². The van der Waals surface area contributed by atoms with Crippen molar-refractivity contribution in [2.45, 2.75) is 13.8 Å². The number of fused-ring (bicyclic) bond motifs is 2. The van der Waals surface area contributed by atoms with Gasteiger partial charge in [0.2, 0.25) is 0 Å². The van der Waals surface area contributed by atoms with Gasteiger partial charge in [0.25, 0.3) is 0 Å². The van der Waals surface area contributed by atoms with E-state index < -0.39 is 0 Å². The molecule has 5 nitrogen and oxygen atoms in total. The van der Waals surface area contributed by atoms with Gasteiger partial charge in [0.1, 0.15) is 12.4 Å². The third kappa shape index (κ3) is 1.66. The van der Waals surface area contributed by atoms with Gasteiger partial charge in [-0.3, -0.25) is 5.01 Å². The van der Waals surface area contributed by atoms with Crippen molar-refractivity contribution in [3.63, 3.8) is 0 Å². The first kappa shape index (κ1) is 11.9. The van der Waals surface area contributed by atoms with Gasteiger partial charge in [-0.25, -0.2) is 15.8 Å². The number of hydrogen-bond acceptors (Lipinski definition) is 5. The quantitative estimate of drug-likeness (QED) is 0.720. The highest BCUT2D eigenvalue weighted by molar-refractivity contribution is 6.53. The van der Waals surface area contributed by atoms with E-state index in [1.807, 2.05) is 7.05 Å². The summed E-state index contributed by atoms with van der Waals surface area (Å²) in [5, 5.41) is 1.52. The molecule has 3 rings (SSSR count). The summed E-state index contributed by atoms with van der Waals surface area (Å²) in [6.45, 7) is 8.59. The van der Waals surface area contributed by atoms with E-state index in [0.717, 1.165) is 22.9 Å². The van der Waals surface area contributed by atoms with Crippen molar-refractivity contribution in [3.8, 4) is 0 Å². The van der Waals surface area contributed by atoms with Crippen LogP contribution in [0, 0.1) is 13.8 Å². The third-order valence-electron chi connectivity index (χ3n) is 3.71. The fraction of sp³-hybridized carbons (Fsp3) is 0.286. The predicted octanol–water partition coefficient (Wildman–Crippen LogP) is 1.88. The second-order valence-corrected chi connectivity index (χ2v) is 4.98. The summed E-state index contributed by atoms with van der Waals surface area (Å²) in [5.74, 6) is 6.67. The van der Waals surface area contributed by atoms with E-state index in [1.54, 1.807) is 0 Å². The standard InChI is InChI=1S/C14H17N5/c1-8-5-11-12(6-9(8)2)18(4)14-13(17-11)10(3)19(15)7-16-14/h5-6H,3,7,15H2,1-2,4H3. The van der Waals surface area contributed by atoms with Gasteiger partial charge in [0.15, 0.2) is 5.84 Å². The number of amidine groups is 1. The van der Waals surface area contributed by atoms with E-state index in [4.69, 9.17) is 5.84 Å². The molecule has 0 fully saturated rings. The number of rotatable bonds is 0. The van der Waals surface area contributed by atoms with Crippen molar-refractivity contribution >= 4 is 22.9 Å². The van der Waals surface area contributed by atoms with Crippen molar-refractivity contribution in [1.29, 1.82) is 0 Å². The summed E-state index contributed by atoms with van der Waals surface area (Å²) in [6.07, 6.45) is 0. The lowest BCUT2D eigenvalue weighted by molar-refractivity contribution is 0.387. The van der Waals surface area contributed by atoms with Crippen molar-refractivity contribution in [2.75, 3.05) is 18.6 Å². The summed E-state index contributed by atoms with van der Waals surface area (Å²) in [7, 11) is 2.00. The Hall–Kier alpha value is -2.14. The van der Waals surface area contributed by atoms with Crippen LogP contribution in [0.3, 0.4) is 0 Å². The summed E-state index contributed by atoms with van der Waals surface area (Å²) in [4.78, 5) is 11.2. The van der Waals surface area contributed by atoms with E-state index in [0.29, 0.717) is 12.4 Å². The number of anilines is 1. The van der Waals surface area contributed by atoms with E-state index in [-0.39, 0.29) is 0 Å². The Morgan fingerprint density at radius 1 is 1.26 bits per heavy atom. The Morgan fingerprint density at radius 3 is 2.68 bits per heavy atom. The van der Waals surface area contributed by atoms with Crippen LogP contribution in [0.4, 0.5) is 11.4 Å². The molecule has 0 aliphatic carbocycles. The zero-order chi connectivity index (χ0) is 13.7. The first-order valence-electron chi connectivity index (χ1n) is 6.19. The average Bonchev–Trinajstić information content (AvgIpc) is 2.37. The van der Waals surface area contributed by atoms with Gasteiger partial charge in [0.05, 0.1) is 17.1 Å². The Kier molecular flexibility index (Phi) is 2.46. The van der Waals surface area contributed by atoms with E-state index in [1.165, 1.54) is 16.1 Å². The number of aryl methyl sites for hydroxylation is 2. The van der Waals surface area contributed by atoms with Gasteiger partial charge in [-0.2, -0.15) is 0 Å². The van der Waals surface area contributed by atoms with Gasteiger partial charge >= 0.3 is 0 Å². The Bertz CT molecular complexity index is 641. The van der Waals surface area contributed by atoms with Gasteiger partial charge in [-0.1, -0.05) is 6.58 Å². The SMILES string of the molecule is C=C1C2=Nc3cc(C)c(C)cc3N(C)C2=NCN1N.